The quantitative estimate of drug-likeness (QED) is 0.461. The van der Waals surface area contributed by atoms with E-state index in [0.29, 0.717) is 24.6 Å². The number of unbranched alkanes of at least 4 members (excludes halogenated alkanes) is 4. The topological polar surface area (TPSA) is 58.6 Å². The SMILES string of the molecule is COc1cc(CNC(=O)CCCCCCC=CC(C)C)ccc1O. The first-order valence-electron chi connectivity index (χ1n) is 8.82. The number of benzene rings is 1. The number of ether oxygens (including phenoxy) is 1. The standard InChI is InChI=1S/C20H31NO3/c1-16(2)10-8-6-4-5-7-9-11-20(23)21-15-17-12-13-18(22)19(14-17)24-3/h8,10,12-14,16,22H,4-7,9,11,15H2,1-3H3,(H,21,23). The number of hydrogen-bond donors (Lipinski definition) is 2. The molecule has 0 fully saturated rings. The summed E-state index contributed by atoms with van der Waals surface area (Å²) in [4.78, 5) is 11.8. The van der Waals surface area contributed by atoms with E-state index in [1.165, 1.54) is 20.0 Å². The lowest BCUT2D eigenvalue weighted by molar-refractivity contribution is -0.121. The van der Waals surface area contributed by atoms with Gasteiger partial charge in [0, 0.05) is 13.0 Å². The maximum Gasteiger partial charge on any atom is 0.220 e. The van der Waals surface area contributed by atoms with Crippen LogP contribution in [0.1, 0.15) is 57.9 Å². The molecule has 0 spiro atoms. The number of hydrogen-bond acceptors (Lipinski definition) is 3. The van der Waals surface area contributed by atoms with Crippen LogP contribution in [-0.4, -0.2) is 18.1 Å². The summed E-state index contributed by atoms with van der Waals surface area (Å²) in [6.45, 7) is 4.82. The zero-order valence-corrected chi connectivity index (χ0v) is 15.2. The van der Waals surface area contributed by atoms with Gasteiger partial charge in [-0.25, -0.2) is 0 Å². The Morgan fingerprint density at radius 1 is 1.25 bits per heavy atom. The van der Waals surface area contributed by atoms with E-state index in [2.05, 4.69) is 31.3 Å². The summed E-state index contributed by atoms with van der Waals surface area (Å²) in [5.74, 6) is 1.23. The van der Waals surface area contributed by atoms with Gasteiger partial charge in [0.15, 0.2) is 11.5 Å². The fourth-order valence-corrected chi connectivity index (χ4v) is 2.39. The van der Waals surface area contributed by atoms with E-state index in [-0.39, 0.29) is 11.7 Å². The average Bonchev–Trinajstić information content (AvgIpc) is 2.56. The molecule has 24 heavy (non-hydrogen) atoms. The van der Waals surface area contributed by atoms with Crippen molar-refractivity contribution in [3.63, 3.8) is 0 Å². The van der Waals surface area contributed by atoms with Gasteiger partial charge >= 0.3 is 0 Å². The molecule has 0 aliphatic heterocycles. The van der Waals surface area contributed by atoms with Crippen LogP contribution < -0.4 is 10.1 Å². The fourth-order valence-electron chi connectivity index (χ4n) is 2.39. The molecule has 0 aromatic heterocycles. The lowest BCUT2D eigenvalue weighted by Gasteiger charge is -2.08. The zero-order chi connectivity index (χ0) is 17.8. The number of aromatic hydroxyl groups is 1. The first-order valence-corrected chi connectivity index (χ1v) is 8.82. The highest BCUT2D eigenvalue weighted by Gasteiger charge is 2.05. The Morgan fingerprint density at radius 2 is 2.00 bits per heavy atom. The van der Waals surface area contributed by atoms with Crippen LogP contribution in [0.25, 0.3) is 0 Å². The molecule has 0 bridgehead atoms. The highest BCUT2D eigenvalue weighted by atomic mass is 16.5. The molecule has 4 nitrogen and oxygen atoms in total. The van der Waals surface area contributed by atoms with Crippen molar-refractivity contribution in [1.29, 1.82) is 0 Å². The molecular weight excluding hydrogens is 302 g/mol. The minimum absolute atomic E-state index is 0.0711. The maximum atomic E-state index is 11.8. The van der Waals surface area contributed by atoms with Gasteiger partial charge in [-0.3, -0.25) is 4.79 Å². The Labute approximate surface area is 145 Å². The second-order valence-corrected chi connectivity index (χ2v) is 6.41. The third kappa shape index (κ3) is 8.61. The van der Waals surface area contributed by atoms with Crippen molar-refractivity contribution in [3.8, 4) is 11.5 Å². The van der Waals surface area contributed by atoms with Crippen molar-refractivity contribution in [2.75, 3.05) is 7.11 Å². The van der Waals surface area contributed by atoms with Crippen LogP contribution >= 0.6 is 0 Å². The van der Waals surface area contributed by atoms with Crippen LogP contribution in [0.5, 0.6) is 11.5 Å². The van der Waals surface area contributed by atoms with E-state index in [1.54, 1.807) is 18.2 Å². The molecular formula is C20H31NO3. The van der Waals surface area contributed by atoms with Crippen molar-refractivity contribution in [2.24, 2.45) is 5.92 Å². The van der Waals surface area contributed by atoms with E-state index in [4.69, 9.17) is 4.74 Å². The molecule has 0 saturated heterocycles. The van der Waals surface area contributed by atoms with Crippen LogP contribution in [0.3, 0.4) is 0 Å². The summed E-state index contributed by atoms with van der Waals surface area (Å²) < 4.78 is 5.06. The van der Waals surface area contributed by atoms with Crippen molar-refractivity contribution >= 4 is 5.91 Å². The van der Waals surface area contributed by atoms with E-state index in [9.17, 15) is 9.90 Å². The van der Waals surface area contributed by atoms with Gasteiger partial charge in [-0.15, -0.1) is 0 Å². The summed E-state index contributed by atoms with van der Waals surface area (Å²) in [6, 6.07) is 5.09. The number of amides is 1. The molecule has 134 valence electrons. The minimum atomic E-state index is 0.0711. The number of nitrogens with one attached hydrogen (secondary N) is 1. The number of phenols is 1. The van der Waals surface area contributed by atoms with Crippen LogP contribution in [0.2, 0.25) is 0 Å². The third-order valence-corrected chi connectivity index (χ3v) is 3.78. The summed E-state index contributed by atoms with van der Waals surface area (Å²) in [5, 5.41) is 12.4. The van der Waals surface area contributed by atoms with Crippen LogP contribution in [0.4, 0.5) is 0 Å². The Bertz CT molecular complexity index is 524. The monoisotopic (exact) mass is 333 g/mol. The third-order valence-electron chi connectivity index (χ3n) is 3.78. The summed E-state index contributed by atoms with van der Waals surface area (Å²) in [7, 11) is 1.51. The van der Waals surface area contributed by atoms with E-state index in [1.807, 2.05) is 0 Å². The van der Waals surface area contributed by atoms with Crippen LogP contribution in [-0.2, 0) is 11.3 Å². The van der Waals surface area contributed by atoms with Gasteiger partial charge in [-0.05, 0) is 42.9 Å². The molecule has 4 heteroatoms. The molecule has 0 heterocycles. The smallest absolute Gasteiger partial charge is 0.220 e. The zero-order valence-electron chi connectivity index (χ0n) is 15.2. The van der Waals surface area contributed by atoms with Crippen LogP contribution in [0, 0.1) is 5.92 Å². The molecule has 1 amide bonds. The number of allylic oxidation sites excluding steroid dienone is 2. The first kappa shape index (κ1) is 20.1. The lowest BCUT2D eigenvalue weighted by atomic mass is 10.1. The van der Waals surface area contributed by atoms with Gasteiger partial charge in [-0.2, -0.15) is 0 Å². The van der Waals surface area contributed by atoms with Gasteiger partial charge in [-0.1, -0.05) is 44.9 Å². The Kier molecular flexibility index (Phi) is 9.66. The number of carbonyl (C=O) groups excluding carboxylic acids is 1. The molecule has 0 radical (unpaired) electrons. The molecule has 0 aliphatic carbocycles. The fraction of sp³-hybridized carbons (Fsp3) is 0.550. The highest BCUT2D eigenvalue weighted by molar-refractivity contribution is 5.75. The molecule has 1 aromatic carbocycles. The highest BCUT2D eigenvalue weighted by Crippen LogP contribution is 2.26. The van der Waals surface area contributed by atoms with Crippen molar-refractivity contribution in [2.45, 2.75) is 58.9 Å². The molecule has 0 aliphatic rings. The number of carbonyl (C=O) groups is 1. The van der Waals surface area contributed by atoms with Crippen molar-refractivity contribution in [3.05, 3.63) is 35.9 Å². The Balaban J connectivity index is 2.12. The molecule has 0 saturated carbocycles. The second-order valence-electron chi connectivity index (χ2n) is 6.41. The van der Waals surface area contributed by atoms with E-state index >= 15 is 0 Å². The largest absolute Gasteiger partial charge is 0.504 e. The van der Waals surface area contributed by atoms with Gasteiger partial charge < -0.3 is 15.2 Å². The van der Waals surface area contributed by atoms with Crippen LogP contribution in [0.15, 0.2) is 30.4 Å². The first-order chi connectivity index (χ1) is 11.5. The molecule has 0 atom stereocenters. The van der Waals surface area contributed by atoms with Crippen molar-refractivity contribution < 1.29 is 14.6 Å². The summed E-state index contributed by atoms with van der Waals surface area (Å²) >= 11 is 0. The number of methoxy groups -OCH3 is 1. The number of phenolic OH excluding ortho intramolecular Hbond substituents is 1. The second kappa shape index (κ2) is 11.5. The molecule has 1 aromatic rings. The minimum Gasteiger partial charge on any atom is -0.504 e. The normalized spacial score (nSPS) is 11.2. The van der Waals surface area contributed by atoms with E-state index < -0.39 is 0 Å². The number of rotatable bonds is 11. The Morgan fingerprint density at radius 3 is 2.71 bits per heavy atom. The molecule has 2 N–H and O–H groups in total. The van der Waals surface area contributed by atoms with Gasteiger partial charge in [0.2, 0.25) is 5.91 Å². The molecule has 0 unspecified atom stereocenters. The summed E-state index contributed by atoms with van der Waals surface area (Å²) in [6.07, 6.45) is 10.6. The maximum absolute atomic E-state index is 11.8. The predicted octanol–water partition coefficient (Wildman–Crippen LogP) is 4.57. The van der Waals surface area contributed by atoms with Crippen molar-refractivity contribution in [1.82, 2.24) is 5.32 Å². The summed E-state index contributed by atoms with van der Waals surface area (Å²) in [5.41, 5.74) is 0.912. The lowest BCUT2D eigenvalue weighted by Crippen LogP contribution is -2.22. The predicted molar refractivity (Wildman–Crippen MR) is 98.2 cm³/mol. The Hall–Kier alpha value is -1.97. The molecule has 1 rings (SSSR count). The van der Waals surface area contributed by atoms with Gasteiger partial charge in [0.1, 0.15) is 0 Å². The average molecular weight is 333 g/mol. The van der Waals surface area contributed by atoms with E-state index in [0.717, 1.165) is 24.8 Å². The van der Waals surface area contributed by atoms with Gasteiger partial charge in [0.25, 0.3) is 0 Å². The van der Waals surface area contributed by atoms with Gasteiger partial charge in [0.05, 0.1) is 7.11 Å².